The Labute approximate surface area is 131 Å². The van der Waals surface area contributed by atoms with E-state index in [1.54, 1.807) is 0 Å². The van der Waals surface area contributed by atoms with Crippen LogP contribution in [0.15, 0.2) is 18.2 Å². The maximum absolute atomic E-state index is 13.5. The predicted molar refractivity (Wildman–Crippen MR) is 75.3 cm³/mol. The molecule has 0 aliphatic heterocycles. The molecule has 1 aromatic rings. The van der Waals surface area contributed by atoms with Crippen LogP contribution in [0, 0.1) is 11.6 Å². The third kappa shape index (κ3) is 6.01. The van der Waals surface area contributed by atoms with Gasteiger partial charge in [0.2, 0.25) is 5.91 Å². The Hall–Kier alpha value is -2.51. The normalized spacial score (nSPS) is 11.5. The summed E-state index contributed by atoms with van der Waals surface area (Å²) < 4.78 is 35.3. The van der Waals surface area contributed by atoms with Crippen LogP contribution in [0.1, 0.15) is 18.4 Å². The molecule has 1 N–H and O–H groups in total. The molecular formula is C15H17F2NO5. The molecule has 0 radical (unpaired) electrons. The van der Waals surface area contributed by atoms with Gasteiger partial charge in [0.25, 0.3) is 0 Å². The van der Waals surface area contributed by atoms with Gasteiger partial charge in [0.15, 0.2) is 0 Å². The molecule has 0 aromatic heterocycles. The van der Waals surface area contributed by atoms with E-state index in [1.807, 2.05) is 0 Å². The molecule has 0 aliphatic rings. The van der Waals surface area contributed by atoms with E-state index in [4.69, 9.17) is 0 Å². The third-order valence-electron chi connectivity index (χ3n) is 3.05. The molecule has 6 nitrogen and oxygen atoms in total. The first-order chi connectivity index (χ1) is 10.9. The highest BCUT2D eigenvalue weighted by molar-refractivity contribution is 5.86. The number of carbonyl (C=O) groups excluding carboxylic acids is 3. The van der Waals surface area contributed by atoms with Crippen LogP contribution < -0.4 is 5.32 Å². The minimum atomic E-state index is -1.06. The van der Waals surface area contributed by atoms with Crippen molar-refractivity contribution in [2.75, 3.05) is 14.2 Å². The number of nitrogens with one attached hydrogen (secondary N) is 1. The molecular weight excluding hydrogens is 312 g/mol. The topological polar surface area (TPSA) is 81.7 Å². The molecule has 0 heterocycles. The van der Waals surface area contributed by atoms with Gasteiger partial charge in [-0.3, -0.25) is 9.59 Å². The smallest absolute Gasteiger partial charge is 0.328 e. The molecule has 0 aliphatic carbocycles. The summed E-state index contributed by atoms with van der Waals surface area (Å²) >= 11 is 0. The number of benzene rings is 1. The van der Waals surface area contributed by atoms with Crippen molar-refractivity contribution in [1.82, 2.24) is 5.32 Å². The summed E-state index contributed by atoms with van der Waals surface area (Å²) in [7, 11) is 2.34. The van der Waals surface area contributed by atoms with Gasteiger partial charge in [-0.2, -0.15) is 0 Å². The fourth-order valence-electron chi connectivity index (χ4n) is 1.84. The van der Waals surface area contributed by atoms with Crippen LogP contribution in [0.4, 0.5) is 8.78 Å². The molecule has 1 rings (SSSR count). The molecule has 126 valence electrons. The zero-order chi connectivity index (χ0) is 17.4. The molecule has 1 atom stereocenters. The standard InChI is InChI=1S/C15H17F2NO5/c1-22-14(20)6-5-12(15(21)23-2)18-13(19)7-9-3-4-10(16)8-11(9)17/h3-4,8,12H,5-7H2,1-2H3,(H,18,19)/t12-/m0/s1. The molecule has 0 unspecified atom stereocenters. The van der Waals surface area contributed by atoms with E-state index in [9.17, 15) is 23.2 Å². The van der Waals surface area contributed by atoms with Crippen LogP contribution in [0.5, 0.6) is 0 Å². The number of amides is 1. The first kappa shape index (κ1) is 18.5. The van der Waals surface area contributed by atoms with E-state index in [0.717, 1.165) is 19.2 Å². The second-order valence-corrected chi connectivity index (χ2v) is 4.67. The maximum atomic E-state index is 13.5. The van der Waals surface area contributed by atoms with Gasteiger partial charge in [-0.05, 0) is 18.1 Å². The van der Waals surface area contributed by atoms with Crippen LogP contribution in [0.25, 0.3) is 0 Å². The molecule has 0 fully saturated rings. The Morgan fingerprint density at radius 1 is 1.17 bits per heavy atom. The van der Waals surface area contributed by atoms with E-state index in [0.29, 0.717) is 6.07 Å². The van der Waals surface area contributed by atoms with Crippen LogP contribution in [0.3, 0.4) is 0 Å². The largest absolute Gasteiger partial charge is 0.469 e. The van der Waals surface area contributed by atoms with Gasteiger partial charge >= 0.3 is 11.9 Å². The first-order valence-electron chi connectivity index (χ1n) is 6.75. The Bertz CT molecular complexity index is 591. The lowest BCUT2D eigenvalue weighted by atomic mass is 10.1. The highest BCUT2D eigenvalue weighted by Gasteiger charge is 2.23. The van der Waals surface area contributed by atoms with Gasteiger partial charge in [0, 0.05) is 12.5 Å². The van der Waals surface area contributed by atoms with E-state index >= 15 is 0 Å². The summed E-state index contributed by atoms with van der Waals surface area (Å²) in [5, 5.41) is 2.36. The molecule has 0 saturated heterocycles. The van der Waals surface area contributed by atoms with Crippen LogP contribution in [-0.4, -0.2) is 38.1 Å². The summed E-state index contributed by atoms with van der Waals surface area (Å²) in [4.78, 5) is 34.6. The molecule has 0 bridgehead atoms. The lowest BCUT2D eigenvalue weighted by molar-refractivity contribution is -0.146. The van der Waals surface area contributed by atoms with Crippen molar-refractivity contribution in [3.63, 3.8) is 0 Å². The Morgan fingerprint density at radius 3 is 2.43 bits per heavy atom. The SMILES string of the molecule is COC(=O)CC[C@H](NC(=O)Cc1ccc(F)cc1F)C(=O)OC. The van der Waals surface area contributed by atoms with Gasteiger partial charge in [0.05, 0.1) is 20.6 Å². The van der Waals surface area contributed by atoms with Crippen molar-refractivity contribution in [2.24, 2.45) is 0 Å². The average molecular weight is 329 g/mol. The maximum Gasteiger partial charge on any atom is 0.328 e. The minimum absolute atomic E-state index is 0.0134. The average Bonchev–Trinajstić information content (AvgIpc) is 2.52. The van der Waals surface area contributed by atoms with Gasteiger partial charge in [-0.25, -0.2) is 13.6 Å². The molecule has 23 heavy (non-hydrogen) atoms. The number of hydrogen-bond acceptors (Lipinski definition) is 5. The molecule has 0 saturated carbocycles. The lowest BCUT2D eigenvalue weighted by Crippen LogP contribution is -2.42. The third-order valence-corrected chi connectivity index (χ3v) is 3.05. The van der Waals surface area contributed by atoms with Crippen molar-refractivity contribution >= 4 is 17.8 Å². The number of methoxy groups -OCH3 is 2. The van der Waals surface area contributed by atoms with Crippen molar-refractivity contribution in [3.8, 4) is 0 Å². The number of halogens is 2. The van der Waals surface area contributed by atoms with Gasteiger partial charge < -0.3 is 14.8 Å². The fourth-order valence-corrected chi connectivity index (χ4v) is 1.84. The zero-order valence-electron chi connectivity index (χ0n) is 12.7. The van der Waals surface area contributed by atoms with Crippen molar-refractivity contribution in [1.29, 1.82) is 0 Å². The number of rotatable bonds is 7. The van der Waals surface area contributed by atoms with Gasteiger partial charge in [0.1, 0.15) is 17.7 Å². The summed E-state index contributed by atoms with van der Waals surface area (Å²) in [6.07, 6.45) is -0.490. The van der Waals surface area contributed by atoms with Crippen molar-refractivity contribution in [2.45, 2.75) is 25.3 Å². The monoisotopic (exact) mass is 329 g/mol. The number of ether oxygens (including phenoxy) is 2. The predicted octanol–water partition coefficient (Wildman–Crippen LogP) is 1.12. The summed E-state index contributed by atoms with van der Waals surface area (Å²) in [5.41, 5.74) is -0.0134. The zero-order valence-corrected chi connectivity index (χ0v) is 12.7. The molecule has 0 spiro atoms. The molecule has 8 heteroatoms. The minimum Gasteiger partial charge on any atom is -0.469 e. The summed E-state index contributed by atoms with van der Waals surface area (Å²) in [6.45, 7) is 0. The van der Waals surface area contributed by atoms with E-state index < -0.39 is 35.5 Å². The van der Waals surface area contributed by atoms with Crippen LogP contribution in [-0.2, 0) is 30.3 Å². The second kappa shape index (κ2) is 8.82. The van der Waals surface area contributed by atoms with Crippen molar-refractivity contribution < 1.29 is 32.6 Å². The highest BCUT2D eigenvalue weighted by Crippen LogP contribution is 2.10. The quantitative estimate of drug-likeness (QED) is 0.758. The lowest BCUT2D eigenvalue weighted by Gasteiger charge is -2.16. The Kier molecular flexibility index (Phi) is 7.11. The van der Waals surface area contributed by atoms with E-state index in [-0.39, 0.29) is 24.8 Å². The number of hydrogen-bond donors (Lipinski definition) is 1. The fraction of sp³-hybridized carbons (Fsp3) is 0.400. The van der Waals surface area contributed by atoms with Gasteiger partial charge in [-0.1, -0.05) is 6.07 Å². The van der Waals surface area contributed by atoms with Crippen LogP contribution >= 0.6 is 0 Å². The first-order valence-corrected chi connectivity index (χ1v) is 6.75. The number of esters is 2. The van der Waals surface area contributed by atoms with E-state index in [1.165, 1.54) is 7.11 Å². The van der Waals surface area contributed by atoms with E-state index in [2.05, 4.69) is 14.8 Å². The van der Waals surface area contributed by atoms with Crippen LogP contribution in [0.2, 0.25) is 0 Å². The second-order valence-electron chi connectivity index (χ2n) is 4.67. The number of carbonyl (C=O) groups is 3. The Balaban J connectivity index is 2.68. The summed E-state index contributed by atoms with van der Waals surface area (Å²) in [5.74, 6) is -3.54. The molecule has 1 aromatic carbocycles. The highest BCUT2D eigenvalue weighted by atomic mass is 19.1. The van der Waals surface area contributed by atoms with Crippen molar-refractivity contribution in [3.05, 3.63) is 35.4 Å². The Morgan fingerprint density at radius 2 is 1.87 bits per heavy atom. The van der Waals surface area contributed by atoms with Gasteiger partial charge in [-0.15, -0.1) is 0 Å². The summed E-state index contributed by atoms with van der Waals surface area (Å²) in [6, 6.07) is 1.78. The molecule has 1 amide bonds.